The highest BCUT2D eigenvalue weighted by Crippen LogP contribution is 2.42. The van der Waals surface area contributed by atoms with Crippen LogP contribution < -0.4 is 0 Å². The molecule has 0 N–H and O–H groups in total. The summed E-state index contributed by atoms with van der Waals surface area (Å²) in [5.74, 6) is 0. The van der Waals surface area contributed by atoms with E-state index in [9.17, 15) is 5.26 Å². The number of pyridine rings is 1. The molecule has 0 saturated heterocycles. The molecule has 2 aromatic heterocycles. The number of hydrogen-bond acceptors (Lipinski definition) is 3. The fourth-order valence-electron chi connectivity index (χ4n) is 4.05. The third-order valence-electron chi connectivity index (χ3n) is 5.38. The lowest BCUT2D eigenvalue weighted by atomic mass is 9.93. The molecule has 0 spiro atoms. The zero-order chi connectivity index (χ0) is 20.0. The third-order valence-corrected chi connectivity index (χ3v) is 5.38. The molecule has 0 atom stereocenters. The first kappa shape index (κ1) is 17.2. The molecule has 138 valence electrons. The normalized spacial score (nSPS) is 11.1. The van der Waals surface area contributed by atoms with Gasteiger partial charge in [-0.2, -0.15) is 5.26 Å². The number of nitriles is 1. The van der Waals surface area contributed by atoms with E-state index in [1.54, 1.807) is 6.20 Å². The lowest BCUT2D eigenvalue weighted by Gasteiger charge is -2.09. The SMILES string of the molecule is Cc1ccc(-c2ccc(C#N)c3oc4c(-c5ccccn5)cccc4c23)c(C)c1. The Kier molecular flexibility index (Phi) is 3.93. The minimum atomic E-state index is 0.539. The van der Waals surface area contributed by atoms with Crippen molar-refractivity contribution in [2.24, 2.45) is 0 Å². The Labute approximate surface area is 168 Å². The van der Waals surface area contributed by atoms with Crippen LogP contribution in [0.1, 0.15) is 16.7 Å². The molecule has 0 aliphatic rings. The summed E-state index contributed by atoms with van der Waals surface area (Å²) in [4.78, 5) is 4.49. The predicted octanol–water partition coefficient (Wildman–Crippen LogP) is 6.80. The van der Waals surface area contributed by atoms with Gasteiger partial charge in [0.05, 0.1) is 11.3 Å². The Bertz CT molecular complexity index is 1420. The smallest absolute Gasteiger partial charge is 0.153 e. The molecule has 0 amide bonds. The van der Waals surface area contributed by atoms with Crippen LogP contribution in [0.15, 0.2) is 77.3 Å². The topological polar surface area (TPSA) is 49.8 Å². The van der Waals surface area contributed by atoms with Gasteiger partial charge in [0, 0.05) is 22.5 Å². The number of nitrogens with zero attached hydrogens (tertiary/aromatic N) is 2. The molecule has 0 fully saturated rings. The maximum Gasteiger partial charge on any atom is 0.153 e. The van der Waals surface area contributed by atoms with Crippen LogP contribution in [0.25, 0.3) is 44.3 Å². The lowest BCUT2D eigenvalue weighted by molar-refractivity contribution is 0.668. The van der Waals surface area contributed by atoms with Crippen molar-refractivity contribution in [1.29, 1.82) is 5.26 Å². The number of fused-ring (bicyclic) bond motifs is 3. The van der Waals surface area contributed by atoms with Crippen LogP contribution in [0.5, 0.6) is 0 Å². The summed E-state index contributed by atoms with van der Waals surface area (Å²) in [7, 11) is 0. The highest BCUT2D eigenvalue weighted by Gasteiger charge is 2.19. The second-order valence-electron chi connectivity index (χ2n) is 7.29. The van der Waals surface area contributed by atoms with Crippen LogP contribution in [0.3, 0.4) is 0 Å². The first-order valence-corrected chi connectivity index (χ1v) is 9.55. The van der Waals surface area contributed by atoms with Crippen molar-refractivity contribution in [2.45, 2.75) is 13.8 Å². The Hall–Kier alpha value is -3.90. The van der Waals surface area contributed by atoms with Crippen molar-refractivity contribution in [3.63, 3.8) is 0 Å². The lowest BCUT2D eigenvalue weighted by Crippen LogP contribution is -1.87. The van der Waals surface area contributed by atoms with Crippen LogP contribution in [0, 0.1) is 25.2 Å². The van der Waals surface area contributed by atoms with E-state index in [-0.39, 0.29) is 0 Å². The Morgan fingerprint density at radius 3 is 2.45 bits per heavy atom. The van der Waals surface area contributed by atoms with Gasteiger partial charge in [0.25, 0.3) is 0 Å². The molecule has 0 aliphatic heterocycles. The third kappa shape index (κ3) is 2.69. The van der Waals surface area contributed by atoms with E-state index in [4.69, 9.17) is 4.42 Å². The average molecular weight is 374 g/mol. The molecule has 5 aromatic rings. The molecule has 3 heteroatoms. The summed E-state index contributed by atoms with van der Waals surface area (Å²) in [6, 6.07) is 24.5. The first-order chi connectivity index (χ1) is 14.2. The summed E-state index contributed by atoms with van der Waals surface area (Å²) in [6.45, 7) is 4.21. The van der Waals surface area contributed by atoms with E-state index in [0.717, 1.165) is 38.7 Å². The van der Waals surface area contributed by atoms with Gasteiger partial charge < -0.3 is 4.42 Å². The minimum Gasteiger partial charge on any atom is -0.454 e. The van der Waals surface area contributed by atoms with Crippen LogP contribution >= 0.6 is 0 Å². The first-order valence-electron chi connectivity index (χ1n) is 9.55. The fourth-order valence-corrected chi connectivity index (χ4v) is 4.05. The summed E-state index contributed by atoms with van der Waals surface area (Å²) in [5.41, 5.74) is 8.36. The monoisotopic (exact) mass is 374 g/mol. The zero-order valence-corrected chi connectivity index (χ0v) is 16.2. The second-order valence-corrected chi connectivity index (χ2v) is 7.29. The van der Waals surface area contributed by atoms with E-state index < -0.39 is 0 Å². The quantitative estimate of drug-likeness (QED) is 0.341. The van der Waals surface area contributed by atoms with Crippen LogP contribution in [0.4, 0.5) is 0 Å². The molecule has 3 nitrogen and oxygen atoms in total. The van der Waals surface area contributed by atoms with E-state index >= 15 is 0 Å². The van der Waals surface area contributed by atoms with E-state index in [2.05, 4.69) is 49.2 Å². The molecule has 0 saturated carbocycles. The van der Waals surface area contributed by atoms with Crippen molar-refractivity contribution in [3.05, 3.63) is 89.6 Å². The number of aromatic nitrogens is 1. The van der Waals surface area contributed by atoms with Crippen LogP contribution in [-0.4, -0.2) is 4.98 Å². The minimum absolute atomic E-state index is 0.539. The maximum atomic E-state index is 9.68. The predicted molar refractivity (Wildman–Crippen MR) is 117 cm³/mol. The molecular weight excluding hydrogens is 356 g/mol. The zero-order valence-electron chi connectivity index (χ0n) is 16.2. The van der Waals surface area contributed by atoms with Gasteiger partial charge in [-0.15, -0.1) is 0 Å². The highest BCUT2D eigenvalue weighted by atomic mass is 16.3. The summed E-state index contributed by atoms with van der Waals surface area (Å²) in [6.07, 6.45) is 1.78. The summed E-state index contributed by atoms with van der Waals surface area (Å²) in [5, 5.41) is 11.6. The maximum absolute atomic E-state index is 9.68. The van der Waals surface area contributed by atoms with Gasteiger partial charge in [-0.3, -0.25) is 4.98 Å². The van der Waals surface area contributed by atoms with Crippen molar-refractivity contribution in [3.8, 4) is 28.5 Å². The second kappa shape index (κ2) is 6.61. The number of benzene rings is 3. The van der Waals surface area contributed by atoms with Crippen molar-refractivity contribution >= 4 is 21.9 Å². The fraction of sp³-hybridized carbons (Fsp3) is 0.0769. The van der Waals surface area contributed by atoms with Gasteiger partial charge in [0.1, 0.15) is 11.7 Å². The number of rotatable bonds is 2. The van der Waals surface area contributed by atoms with Gasteiger partial charge in [-0.1, -0.05) is 48.0 Å². The molecule has 3 aromatic carbocycles. The van der Waals surface area contributed by atoms with Crippen LogP contribution in [-0.2, 0) is 0 Å². The van der Waals surface area contributed by atoms with Gasteiger partial charge in [-0.05, 0) is 54.8 Å². The van der Waals surface area contributed by atoms with Crippen molar-refractivity contribution in [2.75, 3.05) is 0 Å². The van der Waals surface area contributed by atoms with E-state index in [0.29, 0.717) is 11.1 Å². The molecule has 0 bridgehead atoms. The standard InChI is InChI=1S/C26H18N2O/c1-16-9-11-19(17(2)14-16)20-12-10-18(15-27)25-24(20)22-7-5-6-21(26(22)29-25)23-8-3-4-13-28-23/h3-14H,1-2H3. The number of aryl methyl sites for hydroxylation is 2. The summed E-state index contributed by atoms with van der Waals surface area (Å²) >= 11 is 0. The molecule has 2 heterocycles. The van der Waals surface area contributed by atoms with Gasteiger partial charge in [0.15, 0.2) is 5.58 Å². The number of para-hydroxylation sites is 1. The average Bonchev–Trinajstić information content (AvgIpc) is 3.14. The van der Waals surface area contributed by atoms with Gasteiger partial charge in [-0.25, -0.2) is 0 Å². The molecule has 0 unspecified atom stereocenters. The Morgan fingerprint density at radius 1 is 0.828 bits per heavy atom. The summed E-state index contributed by atoms with van der Waals surface area (Å²) < 4.78 is 6.32. The van der Waals surface area contributed by atoms with Crippen molar-refractivity contribution in [1.82, 2.24) is 4.98 Å². The number of hydrogen-bond donors (Lipinski definition) is 0. The largest absolute Gasteiger partial charge is 0.454 e. The molecule has 5 rings (SSSR count). The van der Waals surface area contributed by atoms with Gasteiger partial charge in [0.2, 0.25) is 0 Å². The van der Waals surface area contributed by atoms with E-state index in [1.165, 1.54) is 11.1 Å². The Balaban J connectivity index is 1.91. The molecule has 29 heavy (non-hydrogen) atoms. The van der Waals surface area contributed by atoms with E-state index in [1.807, 2.05) is 42.5 Å². The van der Waals surface area contributed by atoms with Crippen LogP contribution in [0.2, 0.25) is 0 Å². The number of furan rings is 1. The Morgan fingerprint density at radius 2 is 1.69 bits per heavy atom. The molecular formula is C26H18N2O. The van der Waals surface area contributed by atoms with Crippen molar-refractivity contribution < 1.29 is 4.42 Å². The molecule has 0 radical (unpaired) electrons. The molecule has 0 aliphatic carbocycles. The highest BCUT2D eigenvalue weighted by molar-refractivity contribution is 6.16. The van der Waals surface area contributed by atoms with Gasteiger partial charge >= 0.3 is 0 Å².